The van der Waals surface area contributed by atoms with Crippen LogP contribution in [0.3, 0.4) is 0 Å². The second-order valence-electron chi connectivity index (χ2n) is 4.48. The molecular formula is C14H13NO5. The quantitative estimate of drug-likeness (QED) is 0.477. The van der Waals surface area contributed by atoms with E-state index in [9.17, 15) is 24.3 Å². The van der Waals surface area contributed by atoms with E-state index >= 15 is 0 Å². The van der Waals surface area contributed by atoms with Crippen LogP contribution in [0.15, 0.2) is 24.3 Å². The molecule has 1 atom stereocenters. The Hall–Kier alpha value is -2.50. The van der Waals surface area contributed by atoms with Crippen molar-refractivity contribution in [3.63, 3.8) is 0 Å². The zero-order chi connectivity index (χ0) is 14.7. The normalized spacial score (nSPS) is 15.1. The predicted molar refractivity (Wildman–Crippen MR) is 68.3 cm³/mol. The standard InChI is InChI=1S/C14H13NO5/c16-8-4-3-7-11(14(19)20)15-12(17)9-5-1-2-6-10(9)13(15)18/h1-2,5-6,8,11H,3-4,7H2,(H,19,20)/t11-/m0/s1. The summed E-state index contributed by atoms with van der Waals surface area (Å²) in [5.74, 6) is -2.43. The van der Waals surface area contributed by atoms with Crippen molar-refractivity contribution < 1.29 is 24.3 Å². The van der Waals surface area contributed by atoms with Gasteiger partial charge in [0, 0.05) is 6.42 Å². The molecule has 6 heteroatoms. The molecular weight excluding hydrogens is 262 g/mol. The Morgan fingerprint density at radius 3 is 2.20 bits per heavy atom. The molecule has 6 nitrogen and oxygen atoms in total. The predicted octanol–water partition coefficient (Wildman–Crippen LogP) is 1.11. The average molecular weight is 275 g/mol. The van der Waals surface area contributed by atoms with Crippen LogP contribution in [0.5, 0.6) is 0 Å². The molecule has 0 fully saturated rings. The number of nitrogens with zero attached hydrogens (tertiary/aromatic N) is 1. The van der Waals surface area contributed by atoms with E-state index < -0.39 is 23.8 Å². The Bertz CT molecular complexity index is 546. The first-order chi connectivity index (χ1) is 9.57. The van der Waals surface area contributed by atoms with Gasteiger partial charge in [-0.05, 0) is 25.0 Å². The van der Waals surface area contributed by atoms with Crippen LogP contribution in [0.4, 0.5) is 0 Å². The molecule has 0 aliphatic carbocycles. The number of aldehydes is 1. The SMILES string of the molecule is O=CCCC[C@@H](C(=O)O)N1C(=O)c2ccccc2C1=O. The third-order valence-electron chi connectivity index (χ3n) is 3.22. The largest absolute Gasteiger partial charge is 0.480 e. The molecule has 0 bridgehead atoms. The minimum atomic E-state index is -1.24. The van der Waals surface area contributed by atoms with Crippen molar-refractivity contribution in [2.75, 3.05) is 0 Å². The van der Waals surface area contributed by atoms with Crippen molar-refractivity contribution in [3.05, 3.63) is 35.4 Å². The van der Waals surface area contributed by atoms with Gasteiger partial charge in [-0.2, -0.15) is 0 Å². The van der Waals surface area contributed by atoms with E-state index in [4.69, 9.17) is 0 Å². The van der Waals surface area contributed by atoms with E-state index in [2.05, 4.69) is 0 Å². The van der Waals surface area contributed by atoms with Gasteiger partial charge in [-0.15, -0.1) is 0 Å². The zero-order valence-corrected chi connectivity index (χ0v) is 10.6. The van der Waals surface area contributed by atoms with Gasteiger partial charge in [-0.1, -0.05) is 12.1 Å². The van der Waals surface area contributed by atoms with E-state index in [-0.39, 0.29) is 24.0 Å². The number of amides is 2. The number of hydrogen-bond acceptors (Lipinski definition) is 4. The van der Waals surface area contributed by atoms with Crippen molar-refractivity contribution in [2.24, 2.45) is 0 Å². The molecule has 2 amide bonds. The summed E-state index contributed by atoms with van der Waals surface area (Å²) >= 11 is 0. The third kappa shape index (κ3) is 2.32. The molecule has 104 valence electrons. The molecule has 1 N–H and O–H groups in total. The number of carbonyl (C=O) groups excluding carboxylic acids is 3. The van der Waals surface area contributed by atoms with Crippen molar-refractivity contribution in [2.45, 2.75) is 25.3 Å². The van der Waals surface area contributed by atoms with Gasteiger partial charge in [0.1, 0.15) is 12.3 Å². The first-order valence-electron chi connectivity index (χ1n) is 6.21. The van der Waals surface area contributed by atoms with E-state index in [0.29, 0.717) is 12.7 Å². The zero-order valence-electron chi connectivity index (χ0n) is 10.6. The minimum absolute atomic E-state index is 0.0690. The van der Waals surface area contributed by atoms with Crippen LogP contribution in [0.25, 0.3) is 0 Å². The fraction of sp³-hybridized carbons (Fsp3) is 0.286. The Labute approximate surface area is 115 Å². The lowest BCUT2D eigenvalue weighted by molar-refractivity contribution is -0.141. The number of hydrogen-bond donors (Lipinski definition) is 1. The van der Waals surface area contributed by atoms with E-state index in [1.807, 2.05) is 0 Å². The summed E-state index contributed by atoms with van der Waals surface area (Å²) in [6, 6.07) is 5.01. The van der Waals surface area contributed by atoms with Crippen LogP contribution < -0.4 is 0 Å². The maximum absolute atomic E-state index is 12.2. The summed E-state index contributed by atoms with van der Waals surface area (Å²) in [5.41, 5.74) is 0.443. The van der Waals surface area contributed by atoms with Gasteiger partial charge in [0.25, 0.3) is 11.8 Å². The molecule has 0 aromatic heterocycles. The highest BCUT2D eigenvalue weighted by Crippen LogP contribution is 2.26. The van der Waals surface area contributed by atoms with Gasteiger partial charge in [0.2, 0.25) is 0 Å². The molecule has 0 unspecified atom stereocenters. The maximum Gasteiger partial charge on any atom is 0.326 e. The molecule has 2 rings (SSSR count). The highest BCUT2D eigenvalue weighted by molar-refractivity contribution is 6.22. The summed E-state index contributed by atoms with van der Waals surface area (Å²) in [6.45, 7) is 0. The molecule has 1 aliphatic rings. The minimum Gasteiger partial charge on any atom is -0.480 e. The highest BCUT2D eigenvalue weighted by atomic mass is 16.4. The van der Waals surface area contributed by atoms with Crippen LogP contribution in [-0.4, -0.2) is 40.1 Å². The van der Waals surface area contributed by atoms with Gasteiger partial charge >= 0.3 is 5.97 Å². The van der Waals surface area contributed by atoms with Crippen LogP contribution in [0.1, 0.15) is 40.0 Å². The first-order valence-corrected chi connectivity index (χ1v) is 6.21. The third-order valence-corrected chi connectivity index (χ3v) is 3.22. The number of carboxylic acids is 1. The van der Waals surface area contributed by atoms with Crippen molar-refractivity contribution in [1.82, 2.24) is 4.90 Å². The molecule has 1 aliphatic heterocycles. The van der Waals surface area contributed by atoms with Crippen LogP contribution in [0.2, 0.25) is 0 Å². The smallest absolute Gasteiger partial charge is 0.326 e. The molecule has 1 aromatic rings. The molecule has 0 spiro atoms. The monoisotopic (exact) mass is 275 g/mol. The molecule has 0 saturated heterocycles. The average Bonchev–Trinajstić information content (AvgIpc) is 2.68. The summed E-state index contributed by atoms with van der Waals surface area (Å²) < 4.78 is 0. The van der Waals surface area contributed by atoms with Crippen LogP contribution in [-0.2, 0) is 9.59 Å². The lowest BCUT2D eigenvalue weighted by atomic mass is 10.1. The number of aliphatic carboxylic acids is 1. The Morgan fingerprint density at radius 2 is 1.75 bits per heavy atom. The number of benzene rings is 1. The number of carbonyl (C=O) groups is 4. The Morgan fingerprint density at radius 1 is 1.20 bits per heavy atom. The van der Waals surface area contributed by atoms with Gasteiger partial charge in [0.05, 0.1) is 11.1 Å². The lowest BCUT2D eigenvalue weighted by Gasteiger charge is -2.22. The van der Waals surface area contributed by atoms with E-state index in [1.165, 1.54) is 12.1 Å². The van der Waals surface area contributed by atoms with Crippen LogP contribution >= 0.6 is 0 Å². The van der Waals surface area contributed by atoms with E-state index in [0.717, 1.165) is 4.90 Å². The van der Waals surface area contributed by atoms with Gasteiger partial charge in [0.15, 0.2) is 0 Å². The number of imide groups is 1. The van der Waals surface area contributed by atoms with Crippen molar-refractivity contribution in [1.29, 1.82) is 0 Å². The molecule has 1 aromatic carbocycles. The maximum atomic E-state index is 12.2. The molecule has 0 radical (unpaired) electrons. The second kappa shape index (κ2) is 5.64. The summed E-state index contributed by atoms with van der Waals surface area (Å²) in [6.07, 6.45) is 1.27. The number of carboxylic acid groups (broad SMARTS) is 1. The van der Waals surface area contributed by atoms with Gasteiger partial charge in [-0.25, -0.2) is 4.79 Å². The topological polar surface area (TPSA) is 91.8 Å². The number of rotatable bonds is 6. The van der Waals surface area contributed by atoms with Gasteiger partial charge < -0.3 is 9.90 Å². The lowest BCUT2D eigenvalue weighted by Crippen LogP contribution is -2.44. The summed E-state index contributed by atoms with van der Waals surface area (Å²) in [4.78, 5) is 46.7. The Balaban J connectivity index is 2.27. The molecule has 20 heavy (non-hydrogen) atoms. The van der Waals surface area contributed by atoms with Crippen LogP contribution in [0, 0.1) is 0 Å². The first kappa shape index (κ1) is 13.9. The summed E-state index contributed by atoms with van der Waals surface area (Å²) in [5, 5.41) is 9.21. The fourth-order valence-corrected chi connectivity index (χ4v) is 2.25. The second-order valence-corrected chi connectivity index (χ2v) is 4.48. The molecule has 0 saturated carbocycles. The number of fused-ring (bicyclic) bond motifs is 1. The Kier molecular flexibility index (Phi) is 3.93. The fourth-order valence-electron chi connectivity index (χ4n) is 2.25. The summed E-state index contributed by atoms with van der Waals surface area (Å²) in [7, 11) is 0. The van der Waals surface area contributed by atoms with Crippen molar-refractivity contribution >= 4 is 24.1 Å². The highest BCUT2D eigenvalue weighted by Gasteiger charge is 2.42. The molecule has 1 heterocycles. The number of unbranched alkanes of at least 4 members (excludes halogenated alkanes) is 1. The van der Waals surface area contributed by atoms with Gasteiger partial charge in [-0.3, -0.25) is 14.5 Å². The van der Waals surface area contributed by atoms with E-state index in [1.54, 1.807) is 12.1 Å². The van der Waals surface area contributed by atoms with Crippen molar-refractivity contribution in [3.8, 4) is 0 Å².